The molecule has 1 saturated carbocycles. The number of para-hydroxylation sites is 2. The minimum Gasteiger partial charge on any atom is -0.395 e. The van der Waals surface area contributed by atoms with E-state index in [0.717, 1.165) is 37.3 Å². The number of hydrogen-bond acceptors (Lipinski definition) is 3. The molecule has 2 N–H and O–H groups in total. The van der Waals surface area contributed by atoms with E-state index in [0.29, 0.717) is 12.6 Å². The minimum absolute atomic E-state index is 0.0116. The van der Waals surface area contributed by atoms with Crippen LogP contribution in [0.5, 0.6) is 0 Å². The Morgan fingerprint density at radius 1 is 1.17 bits per heavy atom. The molecule has 1 aromatic rings. The summed E-state index contributed by atoms with van der Waals surface area (Å²) in [5.41, 5.74) is 1.99. The third kappa shape index (κ3) is 4.16. The first-order valence-corrected chi connectivity index (χ1v) is 8.82. The average molecular weight is 317 g/mol. The highest BCUT2D eigenvalue weighted by molar-refractivity contribution is 5.93. The standard InChI is InChI=1S/C18H27N3O2/c22-14-13-21(15-9-10-15)18(23)19-16-7-3-4-8-17(16)20-11-5-1-2-6-12-20/h3-4,7-8,15,22H,1-2,5-6,9-14H2,(H,19,23). The SMILES string of the molecule is O=C(Nc1ccccc1N1CCCCCC1)N(CCO)C1CC1. The number of amides is 2. The van der Waals surface area contributed by atoms with Gasteiger partial charge in [-0.2, -0.15) is 0 Å². The molecule has 0 spiro atoms. The Bertz CT molecular complexity index is 523. The van der Waals surface area contributed by atoms with E-state index in [2.05, 4.69) is 16.3 Å². The zero-order chi connectivity index (χ0) is 16.1. The zero-order valence-electron chi connectivity index (χ0n) is 13.7. The smallest absolute Gasteiger partial charge is 0.322 e. The maximum atomic E-state index is 12.6. The Kier molecular flexibility index (Phi) is 5.39. The van der Waals surface area contributed by atoms with Crippen LogP contribution in [-0.4, -0.2) is 48.3 Å². The van der Waals surface area contributed by atoms with E-state index in [1.807, 2.05) is 18.2 Å². The van der Waals surface area contributed by atoms with Crippen molar-refractivity contribution in [2.24, 2.45) is 0 Å². The molecule has 0 radical (unpaired) electrons. The Morgan fingerprint density at radius 2 is 1.87 bits per heavy atom. The average Bonchev–Trinajstić information content (AvgIpc) is 3.40. The topological polar surface area (TPSA) is 55.8 Å². The number of benzene rings is 1. The van der Waals surface area contributed by atoms with E-state index in [1.54, 1.807) is 4.90 Å². The maximum Gasteiger partial charge on any atom is 0.322 e. The van der Waals surface area contributed by atoms with Gasteiger partial charge in [0.25, 0.3) is 0 Å². The highest BCUT2D eigenvalue weighted by Crippen LogP contribution is 2.30. The second-order valence-electron chi connectivity index (χ2n) is 6.50. The number of urea groups is 1. The van der Waals surface area contributed by atoms with Crippen molar-refractivity contribution in [1.29, 1.82) is 0 Å². The molecule has 2 fully saturated rings. The number of hydrogen-bond donors (Lipinski definition) is 2. The predicted octanol–water partition coefficient (Wildman–Crippen LogP) is 3.06. The number of aliphatic hydroxyl groups excluding tert-OH is 1. The van der Waals surface area contributed by atoms with Gasteiger partial charge in [0.05, 0.1) is 18.0 Å². The van der Waals surface area contributed by atoms with Gasteiger partial charge in [0.15, 0.2) is 0 Å². The van der Waals surface area contributed by atoms with Crippen molar-refractivity contribution in [3.63, 3.8) is 0 Å². The van der Waals surface area contributed by atoms with Gasteiger partial charge in [0.2, 0.25) is 0 Å². The van der Waals surface area contributed by atoms with Crippen LogP contribution >= 0.6 is 0 Å². The lowest BCUT2D eigenvalue weighted by Gasteiger charge is -2.27. The van der Waals surface area contributed by atoms with Gasteiger partial charge in [0, 0.05) is 25.7 Å². The summed E-state index contributed by atoms with van der Waals surface area (Å²) in [6.07, 6.45) is 7.08. The lowest BCUT2D eigenvalue weighted by Crippen LogP contribution is -2.39. The molecular formula is C18H27N3O2. The van der Waals surface area contributed by atoms with Gasteiger partial charge < -0.3 is 20.2 Å². The summed E-state index contributed by atoms with van der Waals surface area (Å²) in [6.45, 7) is 2.52. The number of nitrogens with zero attached hydrogens (tertiary/aromatic N) is 2. The number of nitrogens with one attached hydrogen (secondary N) is 1. The Hall–Kier alpha value is -1.75. The lowest BCUT2D eigenvalue weighted by molar-refractivity contribution is 0.185. The van der Waals surface area contributed by atoms with Crippen LogP contribution in [0.4, 0.5) is 16.2 Å². The summed E-state index contributed by atoms with van der Waals surface area (Å²) in [4.78, 5) is 16.7. The summed E-state index contributed by atoms with van der Waals surface area (Å²) < 4.78 is 0. The van der Waals surface area contributed by atoms with Crippen molar-refractivity contribution < 1.29 is 9.90 Å². The Labute approximate surface area is 138 Å². The van der Waals surface area contributed by atoms with E-state index in [1.165, 1.54) is 25.7 Å². The Balaban J connectivity index is 1.72. The van der Waals surface area contributed by atoms with Crippen molar-refractivity contribution in [2.75, 3.05) is 36.5 Å². The summed E-state index contributed by atoms with van der Waals surface area (Å²) in [5.74, 6) is 0. The molecule has 1 aliphatic carbocycles. The molecule has 126 valence electrons. The highest BCUT2D eigenvalue weighted by Gasteiger charge is 2.32. The summed E-state index contributed by atoms with van der Waals surface area (Å²) in [7, 11) is 0. The minimum atomic E-state index is -0.0937. The first-order valence-electron chi connectivity index (χ1n) is 8.82. The van der Waals surface area contributed by atoms with Crippen LogP contribution in [0.1, 0.15) is 38.5 Å². The molecule has 1 saturated heterocycles. The molecule has 5 nitrogen and oxygen atoms in total. The van der Waals surface area contributed by atoms with Crippen LogP contribution < -0.4 is 10.2 Å². The fraction of sp³-hybridized carbons (Fsp3) is 0.611. The van der Waals surface area contributed by atoms with E-state index >= 15 is 0 Å². The van der Waals surface area contributed by atoms with Gasteiger partial charge in [-0.05, 0) is 37.8 Å². The molecule has 5 heteroatoms. The van der Waals surface area contributed by atoms with E-state index in [4.69, 9.17) is 0 Å². The number of anilines is 2. The molecule has 23 heavy (non-hydrogen) atoms. The van der Waals surface area contributed by atoms with E-state index in [9.17, 15) is 9.90 Å². The quantitative estimate of drug-likeness (QED) is 0.877. The molecule has 0 aromatic heterocycles. The fourth-order valence-electron chi connectivity index (χ4n) is 3.30. The number of aliphatic hydroxyl groups is 1. The van der Waals surface area contributed by atoms with Gasteiger partial charge in [-0.15, -0.1) is 0 Å². The molecule has 1 heterocycles. The molecule has 1 aliphatic heterocycles. The van der Waals surface area contributed by atoms with Gasteiger partial charge in [-0.25, -0.2) is 4.79 Å². The van der Waals surface area contributed by atoms with Crippen LogP contribution in [0, 0.1) is 0 Å². The molecule has 3 rings (SSSR count). The first-order chi connectivity index (χ1) is 11.3. The van der Waals surface area contributed by atoms with Gasteiger partial charge >= 0.3 is 6.03 Å². The van der Waals surface area contributed by atoms with E-state index < -0.39 is 0 Å². The normalized spacial score (nSPS) is 18.4. The number of carbonyl (C=O) groups excluding carboxylic acids is 1. The van der Waals surface area contributed by atoms with Crippen molar-refractivity contribution >= 4 is 17.4 Å². The van der Waals surface area contributed by atoms with Crippen molar-refractivity contribution in [3.8, 4) is 0 Å². The largest absolute Gasteiger partial charge is 0.395 e. The molecule has 2 aliphatic rings. The summed E-state index contributed by atoms with van der Waals surface area (Å²) in [5, 5.41) is 12.3. The van der Waals surface area contributed by atoms with Crippen LogP contribution in [0.15, 0.2) is 24.3 Å². The van der Waals surface area contributed by atoms with Crippen LogP contribution in [0.25, 0.3) is 0 Å². The van der Waals surface area contributed by atoms with Crippen LogP contribution in [0.2, 0.25) is 0 Å². The second-order valence-corrected chi connectivity index (χ2v) is 6.50. The molecule has 0 atom stereocenters. The Morgan fingerprint density at radius 3 is 2.52 bits per heavy atom. The fourth-order valence-corrected chi connectivity index (χ4v) is 3.30. The third-order valence-corrected chi connectivity index (χ3v) is 4.68. The second kappa shape index (κ2) is 7.68. The van der Waals surface area contributed by atoms with Gasteiger partial charge in [-0.3, -0.25) is 0 Å². The monoisotopic (exact) mass is 317 g/mol. The van der Waals surface area contributed by atoms with Crippen LogP contribution in [-0.2, 0) is 0 Å². The van der Waals surface area contributed by atoms with Crippen molar-refractivity contribution in [1.82, 2.24) is 4.90 Å². The number of carbonyl (C=O) groups is 1. The number of rotatable bonds is 5. The maximum absolute atomic E-state index is 12.6. The molecule has 1 aromatic carbocycles. The third-order valence-electron chi connectivity index (χ3n) is 4.68. The lowest BCUT2D eigenvalue weighted by atomic mass is 10.2. The first kappa shape index (κ1) is 16.1. The van der Waals surface area contributed by atoms with Gasteiger partial charge in [-0.1, -0.05) is 25.0 Å². The zero-order valence-corrected chi connectivity index (χ0v) is 13.7. The molecule has 0 unspecified atom stereocenters. The van der Waals surface area contributed by atoms with Crippen molar-refractivity contribution in [2.45, 2.75) is 44.6 Å². The molecule has 0 bridgehead atoms. The van der Waals surface area contributed by atoms with Gasteiger partial charge in [0.1, 0.15) is 0 Å². The molecule has 2 amide bonds. The summed E-state index contributed by atoms with van der Waals surface area (Å²) in [6, 6.07) is 8.26. The van der Waals surface area contributed by atoms with Crippen molar-refractivity contribution in [3.05, 3.63) is 24.3 Å². The van der Waals surface area contributed by atoms with Crippen LogP contribution in [0.3, 0.4) is 0 Å². The predicted molar refractivity (Wildman–Crippen MR) is 93.0 cm³/mol. The highest BCUT2D eigenvalue weighted by atomic mass is 16.3. The summed E-state index contributed by atoms with van der Waals surface area (Å²) >= 11 is 0. The molecular weight excluding hydrogens is 290 g/mol. The van der Waals surface area contributed by atoms with E-state index in [-0.39, 0.29) is 12.6 Å².